The predicted octanol–water partition coefficient (Wildman–Crippen LogP) is 2.07. The third-order valence-corrected chi connectivity index (χ3v) is 3.22. The number of benzene rings is 1. The van der Waals surface area contributed by atoms with Gasteiger partial charge in [-0.05, 0) is 32.3 Å². The van der Waals surface area contributed by atoms with E-state index >= 15 is 0 Å². The van der Waals surface area contributed by atoms with Crippen molar-refractivity contribution in [3.63, 3.8) is 0 Å². The summed E-state index contributed by atoms with van der Waals surface area (Å²) in [5.74, 6) is 0.823. The lowest BCUT2D eigenvalue weighted by Gasteiger charge is -2.22. The molecule has 18 heavy (non-hydrogen) atoms. The fraction of sp³-hybridized carbons (Fsp3) is 0.308. The number of likely N-dealkylation sites (N-methyl/N-ethyl adjacent to an activating group) is 1. The lowest BCUT2D eigenvalue weighted by molar-refractivity contribution is 0.372. The Balaban J connectivity index is 2.59. The van der Waals surface area contributed by atoms with Gasteiger partial charge in [-0.3, -0.25) is 4.90 Å². The highest BCUT2D eigenvalue weighted by atomic mass is 32.1. The normalized spacial score (nSPS) is 12.9. The van der Waals surface area contributed by atoms with Gasteiger partial charge in [0.05, 0.1) is 18.1 Å². The molecule has 0 aliphatic carbocycles. The van der Waals surface area contributed by atoms with Gasteiger partial charge in [-0.15, -0.1) is 0 Å². The quantitative estimate of drug-likeness (QED) is 0.829. The molecule has 0 fully saturated rings. The van der Waals surface area contributed by atoms with E-state index in [1.54, 1.807) is 7.11 Å². The monoisotopic (exact) mass is 263 g/mol. The summed E-state index contributed by atoms with van der Waals surface area (Å²) in [5, 5.41) is 1.08. The fourth-order valence-electron chi connectivity index (χ4n) is 2.16. The van der Waals surface area contributed by atoms with Gasteiger partial charge >= 0.3 is 0 Å². The van der Waals surface area contributed by atoms with E-state index in [4.69, 9.17) is 22.7 Å². The largest absolute Gasteiger partial charge is 0.497 e. The van der Waals surface area contributed by atoms with Crippen molar-refractivity contribution in [3.05, 3.63) is 30.0 Å². The molecule has 0 radical (unpaired) electrons. The van der Waals surface area contributed by atoms with Gasteiger partial charge in [-0.25, -0.2) is 0 Å². The highest BCUT2D eigenvalue weighted by Crippen LogP contribution is 2.30. The fourth-order valence-corrected chi connectivity index (χ4v) is 2.50. The number of aromatic amines is 1. The summed E-state index contributed by atoms with van der Waals surface area (Å²) >= 11 is 5.16. The van der Waals surface area contributed by atoms with Crippen molar-refractivity contribution in [2.45, 2.75) is 6.04 Å². The highest BCUT2D eigenvalue weighted by molar-refractivity contribution is 7.80. The van der Waals surface area contributed by atoms with Crippen LogP contribution in [0.15, 0.2) is 24.4 Å². The molecule has 0 amide bonds. The number of hydrogen-bond donors (Lipinski definition) is 2. The van der Waals surface area contributed by atoms with Crippen LogP contribution in [-0.4, -0.2) is 36.1 Å². The van der Waals surface area contributed by atoms with Crippen LogP contribution < -0.4 is 10.5 Å². The van der Waals surface area contributed by atoms with Crippen molar-refractivity contribution in [1.82, 2.24) is 9.88 Å². The second-order valence-corrected chi connectivity index (χ2v) is 4.90. The Morgan fingerprint density at radius 1 is 1.44 bits per heavy atom. The topological polar surface area (TPSA) is 54.3 Å². The molecule has 1 atom stereocenters. The first-order valence-corrected chi connectivity index (χ1v) is 6.06. The van der Waals surface area contributed by atoms with E-state index in [-0.39, 0.29) is 6.04 Å². The summed E-state index contributed by atoms with van der Waals surface area (Å²) < 4.78 is 5.26. The number of aromatic nitrogens is 1. The number of ether oxygens (including phenoxy) is 1. The number of thiocarbonyl (C=S) groups is 1. The molecule has 0 saturated carbocycles. The minimum Gasteiger partial charge on any atom is -0.497 e. The van der Waals surface area contributed by atoms with Crippen LogP contribution in [0.2, 0.25) is 0 Å². The molecular formula is C13H17N3OS. The van der Waals surface area contributed by atoms with Crippen LogP contribution in [0.5, 0.6) is 5.75 Å². The van der Waals surface area contributed by atoms with Gasteiger partial charge in [-0.1, -0.05) is 12.2 Å². The summed E-state index contributed by atoms with van der Waals surface area (Å²) in [6.45, 7) is 0. The van der Waals surface area contributed by atoms with Crippen molar-refractivity contribution < 1.29 is 4.74 Å². The zero-order valence-corrected chi connectivity index (χ0v) is 11.5. The zero-order valence-electron chi connectivity index (χ0n) is 10.7. The Labute approximate surface area is 112 Å². The molecule has 0 spiro atoms. The van der Waals surface area contributed by atoms with Crippen molar-refractivity contribution in [3.8, 4) is 5.75 Å². The molecular weight excluding hydrogens is 246 g/mol. The van der Waals surface area contributed by atoms with Gasteiger partial charge in [0.15, 0.2) is 0 Å². The molecule has 1 aromatic heterocycles. The Hall–Kier alpha value is -1.59. The van der Waals surface area contributed by atoms with Gasteiger partial charge < -0.3 is 15.5 Å². The Kier molecular flexibility index (Phi) is 3.54. The van der Waals surface area contributed by atoms with E-state index in [1.807, 2.05) is 43.4 Å². The molecule has 2 aromatic rings. The molecule has 0 aliphatic heterocycles. The first kappa shape index (κ1) is 12.9. The maximum atomic E-state index is 5.84. The smallest absolute Gasteiger partial charge is 0.119 e. The van der Waals surface area contributed by atoms with Gasteiger partial charge in [0.25, 0.3) is 0 Å². The van der Waals surface area contributed by atoms with Gasteiger partial charge in [0.2, 0.25) is 0 Å². The number of nitrogens with one attached hydrogen (secondary N) is 1. The third-order valence-electron chi connectivity index (χ3n) is 3.00. The van der Waals surface area contributed by atoms with E-state index in [2.05, 4.69) is 4.98 Å². The van der Waals surface area contributed by atoms with Crippen molar-refractivity contribution >= 4 is 28.1 Å². The van der Waals surface area contributed by atoms with Crippen LogP contribution in [0, 0.1) is 0 Å². The van der Waals surface area contributed by atoms with Crippen LogP contribution in [-0.2, 0) is 0 Å². The maximum absolute atomic E-state index is 5.84. The Bertz CT molecular complexity index is 577. The van der Waals surface area contributed by atoms with E-state index in [1.165, 1.54) is 0 Å². The first-order valence-electron chi connectivity index (χ1n) is 5.65. The summed E-state index contributed by atoms with van der Waals surface area (Å²) in [7, 11) is 5.58. The number of nitrogens with two attached hydrogens (primary N) is 1. The van der Waals surface area contributed by atoms with Crippen LogP contribution in [0.25, 0.3) is 10.9 Å². The van der Waals surface area contributed by atoms with E-state index < -0.39 is 0 Å². The summed E-state index contributed by atoms with van der Waals surface area (Å²) in [5.41, 5.74) is 7.96. The standard InChI is InChI=1S/C13H17N3OS/c1-16(2)12(13(14)18)10-7-15-11-5-4-8(17-3)6-9(10)11/h4-7,12,15H,1-3H3,(H2,14,18). The summed E-state index contributed by atoms with van der Waals surface area (Å²) in [6, 6.07) is 5.83. The van der Waals surface area contributed by atoms with Crippen molar-refractivity contribution in [2.24, 2.45) is 5.73 Å². The minimum absolute atomic E-state index is 0.0825. The lowest BCUT2D eigenvalue weighted by atomic mass is 10.0. The molecule has 2 rings (SSSR count). The van der Waals surface area contributed by atoms with Gasteiger partial charge in [0.1, 0.15) is 5.75 Å². The molecule has 96 valence electrons. The number of fused-ring (bicyclic) bond motifs is 1. The number of hydrogen-bond acceptors (Lipinski definition) is 3. The van der Waals surface area contributed by atoms with E-state index in [9.17, 15) is 0 Å². The van der Waals surface area contributed by atoms with E-state index in [0.717, 1.165) is 22.2 Å². The third kappa shape index (κ3) is 2.19. The van der Waals surface area contributed by atoms with Crippen LogP contribution in [0.1, 0.15) is 11.6 Å². The molecule has 0 aliphatic rings. The minimum atomic E-state index is -0.0825. The second kappa shape index (κ2) is 4.96. The number of nitrogens with zero attached hydrogens (tertiary/aromatic N) is 1. The van der Waals surface area contributed by atoms with Gasteiger partial charge in [0, 0.05) is 22.7 Å². The maximum Gasteiger partial charge on any atom is 0.119 e. The second-order valence-electron chi connectivity index (χ2n) is 4.42. The van der Waals surface area contributed by atoms with Crippen LogP contribution in [0.4, 0.5) is 0 Å². The molecule has 0 saturated heterocycles. The van der Waals surface area contributed by atoms with Crippen molar-refractivity contribution in [1.29, 1.82) is 0 Å². The zero-order chi connectivity index (χ0) is 13.3. The summed E-state index contributed by atoms with van der Waals surface area (Å²) in [6.07, 6.45) is 1.95. The molecule has 1 aromatic carbocycles. The SMILES string of the molecule is COc1ccc2[nH]cc(C(C(N)=S)N(C)C)c2c1. The van der Waals surface area contributed by atoms with Crippen molar-refractivity contribution in [2.75, 3.05) is 21.2 Å². The number of H-pyrrole nitrogens is 1. The molecule has 1 unspecified atom stereocenters. The molecule has 5 heteroatoms. The van der Waals surface area contributed by atoms with Crippen LogP contribution >= 0.6 is 12.2 Å². The number of methoxy groups -OCH3 is 1. The Morgan fingerprint density at radius 3 is 2.72 bits per heavy atom. The summed E-state index contributed by atoms with van der Waals surface area (Å²) in [4.78, 5) is 5.70. The lowest BCUT2D eigenvalue weighted by Crippen LogP contribution is -2.31. The van der Waals surface area contributed by atoms with Gasteiger partial charge in [-0.2, -0.15) is 0 Å². The number of rotatable bonds is 4. The highest BCUT2D eigenvalue weighted by Gasteiger charge is 2.20. The first-order chi connectivity index (χ1) is 8.54. The average molecular weight is 263 g/mol. The van der Waals surface area contributed by atoms with Crippen LogP contribution in [0.3, 0.4) is 0 Å². The van der Waals surface area contributed by atoms with E-state index in [0.29, 0.717) is 4.99 Å². The molecule has 3 N–H and O–H groups in total. The predicted molar refractivity (Wildman–Crippen MR) is 78.1 cm³/mol. The molecule has 4 nitrogen and oxygen atoms in total. The molecule has 1 heterocycles. The molecule has 0 bridgehead atoms. The Morgan fingerprint density at radius 2 is 2.17 bits per heavy atom. The average Bonchev–Trinajstić information content (AvgIpc) is 2.71.